The fraction of sp³-hybridized carbons (Fsp3) is 0.750. The quantitative estimate of drug-likeness (QED) is 0.885. The molecule has 0 unspecified atom stereocenters. The van der Waals surface area contributed by atoms with E-state index in [0.717, 1.165) is 37.2 Å². The molecule has 2 rings (SSSR count). The number of anilines is 1. The van der Waals surface area contributed by atoms with Crippen LogP contribution in [0.25, 0.3) is 0 Å². The largest absolute Gasteiger partial charge is 0.339 e. The van der Waals surface area contributed by atoms with E-state index in [-0.39, 0.29) is 6.04 Å². The number of aryl methyl sites for hydroxylation is 2. The first-order valence-electron chi connectivity index (χ1n) is 8.22. The van der Waals surface area contributed by atoms with E-state index in [9.17, 15) is 8.42 Å². The summed E-state index contributed by atoms with van der Waals surface area (Å²) in [6, 6.07) is -0.0710. The summed E-state index contributed by atoms with van der Waals surface area (Å²) in [5.74, 6) is 1.28. The van der Waals surface area contributed by atoms with Crippen LogP contribution in [-0.2, 0) is 16.4 Å². The predicted molar refractivity (Wildman–Crippen MR) is 93.3 cm³/mol. The van der Waals surface area contributed by atoms with Crippen molar-refractivity contribution in [2.24, 2.45) is 5.92 Å². The number of rotatable bonds is 5. The van der Waals surface area contributed by atoms with Crippen LogP contribution in [0.15, 0.2) is 0 Å². The molecule has 0 bridgehead atoms. The SMILES string of the molecule is Cc1nc(N2CCC[C@H](NS(C)(=O)=O)C2)nc(C)c1CC(C)C. The molecule has 0 saturated carbocycles. The summed E-state index contributed by atoms with van der Waals surface area (Å²) in [4.78, 5) is 11.4. The number of hydrogen-bond donors (Lipinski definition) is 1. The van der Waals surface area contributed by atoms with Gasteiger partial charge in [-0.05, 0) is 44.6 Å². The maximum Gasteiger partial charge on any atom is 0.225 e. The third-order valence-electron chi connectivity index (χ3n) is 4.11. The normalized spacial score (nSPS) is 19.4. The molecule has 1 fully saturated rings. The zero-order valence-electron chi connectivity index (χ0n) is 14.8. The molecule has 1 saturated heterocycles. The molecule has 23 heavy (non-hydrogen) atoms. The Kier molecular flexibility index (Phi) is 5.62. The van der Waals surface area contributed by atoms with Gasteiger partial charge in [-0.15, -0.1) is 0 Å². The smallest absolute Gasteiger partial charge is 0.225 e. The maximum atomic E-state index is 11.4. The minimum Gasteiger partial charge on any atom is -0.339 e. The minimum atomic E-state index is -3.18. The Labute approximate surface area is 139 Å². The Bertz CT molecular complexity index is 635. The molecule has 0 spiro atoms. The van der Waals surface area contributed by atoms with Crippen molar-refractivity contribution in [1.82, 2.24) is 14.7 Å². The van der Waals surface area contributed by atoms with Gasteiger partial charge in [-0.25, -0.2) is 23.1 Å². The summed E-state index contributed by atoms with van der Waals surface area (Å²) in [6.07, 6.45) is 3.98. The van der Waals surface area contributed by atoms with E-state index in [1.165, 1.54) is 11.8 Å². The lowest BCUT2D eigenvalue weighted by Gasteiger charge is -2.33. The van der Waals surface area contributed by atoms with Gasteiger partial charge in [-0.2, -0.15) is 0 Å². The van der Waals surface area contributed by atoms with Crippen LogP contribution in [0, 0.1) is 19.8 Å². The van der Waals surface area contributed by atoms with Crippen LogP contribution < -0.4 is 9.62 Å². The lowest BCUT2D eigenvalue weighted by atomic mass is 10.0. The third kappa shape index (κ3) is 5.14. The van der Waals surface area contributed by atoms with Crippen molar-refractivity contribution in [3.63, 3.8) is 0 Å². The van der Waals surface area contributed by atoms with Gasteiger partial charge in [0.1, 0.15) is 0 Å². The Hall–Kier alpha value is -1.21. The number of nitrogens with one attached hydrogen (secondary N) is 1. The van der Waals surface area contributed by atoms with Crippen molar-refractivity contribution in [3.05, 3.63) is 17.0 Å². The Balaban J connectivity index is 2.18. The van der Waals surface area contributed by atoms with E-state index in [4.69, 9.17) is 0 Å². The standard InChI is InChI=1S/C16H28N4O2S/c1-11(2)9-15-12(3)17-16(18-13(15)4)20-8-6-7-14(10-20)19-23(5,21)22/h11,14,19H,6-10H2,1-5H3/t14-/m0/s1. The van der Waals surface area contributed by atoms with E-state index >= 15 is 0 Å². The van der Waals surface area contributed by atoms with E-state index in [1.807, 2.05) is 13.8 Å². The number of sulfonamides is 1. The van der Waals surface area contributed by atoms with Gasteiger partial charge in [0, 0.05) is 30.5 Å². The minimum absolute atomic E-state index is 0.0710. The summed E-state index contributed by atoms with van der Waals surface area (Å²) >= 11 is 0. The molecule has 0 aromatic carbocycles. The predicted octanol–water partition coefficient (Wildman–Crippen LogP) is 1.81. The van der Waals surface area contributed by atoms with Gasteiger partial charge >= 0.3 is 0 Å². The lowest BCUT2D eigenvalue weighted by molar-refractivity contribution is 0.462. The van der Waals surface area contributed by atoms with Crippen LogP contribution in [0.5, 0.6) is 0 Å². The molecule has 1 aromatic heterocycles. The van der Waals surface area contributed by atoms with E-state index in [2.05, 4.69) is 33.4 Å². The second-order valence-corrected chi connectivity index (χ2v) is 8.73. The molecule has 1 aromatic rings. The molecule has 7 heteroatoms. The highest BCUT2D eigenvalue weighted by Gasteiger charge is 2.24. The maximum absolute atomic E-state index is 11.4. The molecule has 6 nitrogen and oxygen atoms in total. The van der Waals surface area contributed by atoms with Gasteiger partial charge in [0.2, 0.25) is 16.0 Å². The van der Waals surface area contributed by atoms with Crippen molar-refractivity contribution in [1.29, 1.82) is 0 Å². The Morgan fingerprint density at radius 2 is 1.87 bits per heavy atom. The fourth-order valence-corrected chi connectivity index (χ4v) is 3.92. The number of aromatic nitrogens is 2. The third-order valence-corrected chi connectivity index (χ3v) is 4.87. The van der Waals surface area contributed by atoms with Gasteiger partial charge in [0.25, 0.3) is 0 Å². The van der Waals surface area contributed by atoms with Crippen molar-refractivity contribution in [2.75, 3.05) is 24.2 Å². The lowest BCUT2D eigenvalue weighted by Crippen LogP contribution is -2.48. The van der Waals surface area contributed by atoms with Crippen molar-refractivity contribution < 1.29 is 8.42 Å². The van der Waals surface area contributed by atoms with Crippen LogP contribution in [0.3, 0.4) is 0 Å². The molecule has 0 aliphatic carbocycles. The first kappa shape index (κ1) is 18.1. The van der Waals surface area contributed by atoms with Crippen LogP contribution in [0.2, 0.25) is 0 Å². The monoisotopic (exact) mass is 340 g/mol. The first-order valence-corrected chi connectivity index (χ1v) is 10.1. The molecule has 1 atom stereocenters. The van der Waals surface area contributed by atoms with Gasteiger partial charge in [-0.1, -0.05) is 13.8 Å². The van der Waals surface area contributed by atoms with Gasteiger partial charge in [-0.3, -0.25) is 0 Å². The average molecular weight is 340 g/mol. The second-order valence-electron chi connectivity index (χ2n) is 6.95. The van der Waals surface area contributed by atoms with Gasteiger partial charge < -0.3 is 4.90 Å². The molecule has 1 N–H and O–H groups in total. The summed E-state index contributed by atoms with van der Waals surface area (Å²) in [5.41, 5.74) is 3.28. The van der Waals surface area contributed by atoms with Crippen LogP contribution >= 0.6 is 0 Å². The molecule has 130 valence electrons. The van der Waals surface area contributed by atoms with Crippen LogP contribution in [-0.4, -0.2) is 43.8 Å². The molecular weight excluding hydrogens is 312 g/mol. The highest BCUT2D eigenvalue weighted by atomic mass is 32.2. The summed E-state index contributed by atoms with van der Waals surface area (Å²) in [6.45, 7) is 9.94. The number of hydrogen-bond acceptors (Lipinski definition) is 5. The molecule has 2 heterocycles. The van der Waals surface area contributed by atoms with Crippen LogP contribution in [0.1, 0.15) is 43.6 Å². The van der Waals surface area contributed by atoms with Crippen LogP contribution in [0.4, 0.5) is 5.95 Å². The van der Waals surface area contributed by atoms with Crippen molar-refractivity contribution >= 4 is 16.0 Å². The highest BCUT2D eigenvalue weighted by molar-refractivity contribution is 7.88. The second kappa shape index (κ2) is 7.13. The fourth-order valence-electron chi connectivity index (χ4n) is 3.12. The van der Waals surface area contributed by atoms with E-state index in [0.29, 0.717) is 18.4 Å². The summed E-state index contributed by atoms with van der Waals surface area (Å²) in [5, 5.41) is 0. The highest BCUT2D eigenvalue weighted by Crippen LogP contribution is 2.21. The Morgan fingerprint density at radius 1 is 1.26 bits per heavy atom. The molecule has 0 amide bonds. The van der Waals surface area contributed by atoms with E-state index in [1.54, 1.807) is 0 Å². The molecule has 1 aliphatic heterocycles. The van der Waals surface area contributed by atoms with E-state index < -0.39 is 10.0 Å². The number of piperidine rings is 1. The molecule has 1 aliphatic rings. The topological polar surface area (TPSA) is 75.2 Å². The number of nitrogens with zero attached hydrogens (tertiary/aromatic N) is 3. The zero-order chi connectivity index (χ0) is 17.2. The average Bonchev–Trinajstić information content (AvgIpc) is 2.41. The summed E-state index contributed by atoms with van der Waals surface area (Å²) in [7, 11) is -3.18. The van der Waals surface area contributed by atoms with Crippen molar-refractivity contribution in [2.45, 2.75) is 53.0 Å². The van der Waals surface area contributed by atoms with Crippen molar-refractivity contribution in [3.8, 4) is 0 Å². The molecular formula is C16H28N4O2S. The zero-order valence-corrected chi connectivity index (χ0v) is 15.6. The van der Waals surface area contributed by atoms with Gasteiger partial charge in [0.05, 0.1) is 6.26 Å². The van der Waals surface area contributed by atoms with Gasteiger partial charge in [0.15, 0.2) is 0 Å². The molecule has 0 radical (unpaired) electrons. The first-order chi connectivity index (χ1) is 10.7. The summed E-state index contributed by atoms with van der Waals surface area (Å²) < 4.78 is 25.6. The Morgan fingerprint density at radius 3 is 2.39 bits per heavy atom.